The smallest absolute Gasteiger partial charge is 0.210 e. The van der Waals surface area contributed by atoms with E-state index in [1.165, 1.54) is 0 Å². The highest BCUT2D eigenvalue weighted by molar-refractivity contribution is 5.85. The summed E-state index contributed by atoms with van der Waals surface area (Å²) in [5.74, 6) is 0. The van der Waals surface area contributed by atoms with E-state index in [0.29, 0.717) is 0 Å². The summed E-state index contributed by atoms with van der Waals surface area (Å²) < 4.78 is 2.02. The average Bonchev–Trinajstić information content (AvgIpc) is 3.02. The van der Waals surface area contributed by atoms with Crippen molar-refractivity contribution < 1.29 is 4.79 Å². The number of fused-ring (bicyclic) bond motifs is 1. The summed E-state index contributed by atoms with van der Waals surface area (Å²) in [7, 11) is 2.00. The van der Waals surface area contributed by atoms with Crippen LogP contribution < -0.4 is 5.32 Å². The normalized spacial score (nSPS) is 17.3. The summed E-state index contributed by atoms with van der Waals surface area (Å²) in [6.45, 7) is 2.42. The second-order valence-electron chi connectivity index (χ2n) is 6.24. The van der Waals surface area contributed by atoms with Crippen molar-refractivity contribution in [2.75, 3.05) is 19.6 Å². The molecule has 1 unspecified atom stereocenters. The first kappa shape index (κ1) is 17.5. The van der Waals surface area contributed by atoms with Gasteiger partial charge in [-0.15, -0.1) is 12.4 Å². The van der Waals surface area contributed by atoms with E-state index in [2.05, 4.69) is 52.8 Å². The third-order valence-electron chi connectivity index (χ3n) is 4.77. The fraction of sp³-hybridized carbons (Fsp3) is 0.263. The Kier molecular flexibility index (Phi) is 5.06. The third kappa shape index (κ3) is 3.25. The maximum atomic E-state index is 11.2. The van der Waals surface area contributed by atoms with Crippen molar-refractivity contribution in [2.24, 2.45) is 7.05 Å². The van der Waals surface area contributed by atoms with Crippen molar-refractivity contribution in [3.8, 4) is 11.1 Å². The zero-order valence-corrected chi connectivity index (χ0v) is 14.9. The molecule has 0 bridgehead atoms. The molecule has 0 spiro atoms. The molecule has 4 rings (SSSR count). The molecule has 130 valence electrons. The lowest BCUT2D eigenvalue weighted by molar-refractivity contribution is -0.121. The summed E-state index contributed by atoms with van der Waals surface area (Å²) in [6.07, 6.45) is 2.79. The SMILES string of the molecule is Cl.Cn1cnc2cc(-c3ccc(C4CNCCN4C=O)cc3)ccc21. The highest BCUT2D eigenvalue weighted by atomic mass is 35.5. The van der Waals surface area contributed by atoms with Gasteiger partial charge in [0.25, 0.3) is 0 Å². The summed E-state index contributed by atoms with van der Waals surface area (Å²) in [4.78, 5) is 17.5. The number of rotatable bonds is 3. The van der Waals surface area contributed by atoms with Crippen LogP contribution in [-0.4, -0.2) is 40.5 Å². The van der Waals surface area contributed by atoms with Crippen molar-refractivity contribution in [2.45, 2.75) is 6.04 Å². The third-order valence-corrected chi connectivity index (χ3v) is 4.77. The fourth-order valence-corrected chi connectivity index (χ4v) is 3.37. The Morgan fingerprint density at radius 2 is 1.92 bits per heavy atom. The summed E-state index contributed by atoms with van der Waals surface area (Å²) >= 11 is 0. The van der Waals surface area contributed by atoms with Crippen LogP contribution in [0.4, 0.5) is 0 Å². The van der Waals surface area contributed by atoms with E-state index in [-0.39, 0.29) is 18.4 Å². The maximum absolute atomic E-state index is 11.2. The number of piperazine rings is 1. The number of imidazole rings is 1. The van der Waals surface area contributed by atoms with Crippen molar-refractivity contribution >= 4 is 29.9 Å². The zero-order valence-electron chi connectivity index (χ0n) is 14.1. The largest absolute Gasteiger partial charge is 0.336 e. The van der Waals surface area contributed by atoms with Crippen molar-refractivity contribution in [1.82, 2.24) is 19.8 Å². The van der Waals surface area contributed by atoms with Crippen LogP contribution >= 0.6 is 12.4 Å². The molecule has 1 saturated heterocycles. The van der Waals surface area contributed by atoms with Gasteiger partial charge in [0.2, 0.25) is 6.41 Å². The number of nitrogens with one attached hydrogen (secondary N) is 1. The van der Waals surface area contributed by atoms with Crippen LogP contribution in [-0.2, 0) is 11.8 Å². The van der Waals surface area contributed by atoms with Crippen LogP contribution in [0.1, 0.15) is 11.6 Å². The highest BCUT2D eigenvalue weighted by Gasteiger charge is 2.22. The Labute approximate surface area is 153 Å². The molecule has 1 aliphatic rings. The van der Waals surface area contributed by atoms with Gasteiger partial charge in [-0.2, -0.15) is 0 Å². The van der Waals surface area contributed by atoms with Crippen LogP contribution in [0.3, 0.4) is 0 Å². The van der Waals surface area contributed by atoms with Crippen LogP contribution in [0.2, 0.25) is 0 Å². The van der Waals surface area contributed by atoms with Gasteiger partial charge in [0.05, 0.1) is 23.4 Å². The summed E-state index contributed by atoms with van der Waals surface area (Å²) in [5.41, 5.74) is 5.61. The first-order chi connectivity index (χ1) is 11.8. The first-order valence-electron chi connectivity index (χ1n) is 8.19. The number of carbonyl (C=O) groups excluding carboxylic acids is 1. The van der Waals surface area contributed by atoms with Crippen LogP contribution in [0.25, 0.3) is 22.2 Å². The molecule has 1 aromatic heterocycles. The molecule has 0 radical (unpaired) electrons. The standard InChI is InChI=1S/C19H20N4O.ClH/c1-22-12-21-17-10-16(6-7-18(17)22)14-2-4-15(5-3-14)19-11-20-8-9-23(19)13-24;/h2-7,10,12-13,19-20H,8-9,11H2,1H3;1H. The molecule has 1 amide bonds. The van der Waals surface area contributed by atoms with Gasteiger partial charge in [0.1, 0.15) is 0 Å². The van der Waals surface area contributed by atoms with E-state index in [1.807, 2.05) is 22.8 Å². The molecule has 1 aliphatic heterocycles. The molecular formula is C19H21ClN4O. The second-order valence-corrected chi connectivity index (χ2v) is 6.24. The van der Waals surface area contributed by atoms with Gasteiger partial charge >= 0.3 is 0 Å². The lowest BCUT2D eigenvalue weighted by Crippen LogP contribution is -2.45. The molecule has 1 atom stereocenters. The minimum Gasteiger partial charge on any atom is -0.336 e. The molecule has 25 heavy (non-hydrogen) atoms. The van der Waals surface area contributed by atoms with Gasteiger partial charge < -0.3 is 14.8 Å². The van der Waals surface area contributed by atoms with E-state index in [0.717, 1.165) is 53.8 Å². The molecule has 2 aromatic carbocycles. The van der Waals surface area contributed by atoms with E-state index in [1.54, 1.807) is 0 Å². The number of amides is 1. The Morgan fingerprint density at radius 3 is 2.68 bits per heavy atom. The predicted octanol–water partition coefficient (Wildman–Crippen LogP) is 2.76. The van der Waals surface area contributed by atoms with E-state index >= 15 is 0 Å². The number of hydrogen-bond donors (Lipinski definition) is 1. The quantitative estimate of drug-likeness (QED) is 0.734. The van der Waals surface area contributed by atoms with Gasteiger partial charge in [0.15, 0.2) is 0 Å². The second kappa shape index (κ2) is 7.25. The van der Waals surface area contributed by atoms with Crippen molar-refractivity contribution in [3.05, 3.63) is 54.4 Å². The minimum absolute atomic E-state index is 0. The number of aromatic nitrogens is 2. The zero-order chi connectivity index (χ0) is 16.5. The molecule has 6 heteroatoms. The van der Waals surface area contributed by atoms with Gasteiger partial charge in [-0.1, -0.05) is 30.3 Å². The topological polar surface area (TPSA) is 50.2 Å². The van der Waals surface area contributed by atoms with E-state index in [9.17, 15) is 4.79 Å². The number of benzene rings is 2. The maximum Gasteiger partial charge on any atom is 0.210 e. The van der Waals surface area contributed by atoms with Crippen LogP contribution in [0, 0.1) is 0 Å². The van der Waals surface area contributed by atoms with E-state index in [4.69, 9.17) is 0 Å². The molecular weight excluding hydrogens is 336 g/mol. The predicted molar refractivity (Wildman–Crippen MR) is 102 cm³/mol. The molecule has 1 fully saturated rings. The number of nitrogens with zero attached hydrogens (tertiary/aromatic N) is 3. The Bertz CT molecular complexity index is 875. The molecule has 0 saturated carbocycles. The lowest BCUT2D eigenvalue weighted by Gasteiger charge is -2.33. The van der Waals surface area contributed by atoms with Gasteiger partial charge in [0, 0.05) is 26.7 Å². The van der Waals surface area contributed by atoms with Gasteiger partial charge in [-0.25, -0.2) is 4.98 Å². The van der Waals surface area contributed by atoms with Crippen molar-refractivity contribution in [3.63, 3.8) is 0 Å². The van der Waals surface area contributed by atoms with Crippen LogP contribution in [0.15, 0.2) is 48.8 Å². The molecule has 1 N–H and O–H groups in total. The van der Waals surface area contributed by atoms with Gasteiger partial charge in [-0.3, -0.25) is 4.79 Å². The Hall–Kier alpha value is -2.37. The highest BCUT2D eigenvalue weighted by Crippen LogP contribution is 2.27. The Balaban J connectivity index is 0.00000182. The first-order valence-corrected chi connectivity index (χ1v) is 8.19. The average molecular weight is 357 g/mol. The van der Waals surface area contributed by atoms with Crippen molar-refractivity contribution in [1.29, 1.82) is 0 Å². The summed E-state index contributed by atoms with van der Waals surface area (Å²) in [6, 6.07) is 14.9. The lowest BCUT2D eigenvalue weighted by atomic mass is 9.99. The monoisotopic (exact) mass is 356 g/mol. The fourth-order valence-electron chi connectivity index (χ4n) is 3.37. The number of aryl methyl sites for hydroxylation is 1. The minimum atomic E-state index is 0. The van der Waals surface area contributed by atoms with Gasteiger partial charge in [-0.05, 0) is 28.8 Å². The van der Waals surface area contributed by atoms with E-state index < -0.39 is 0 Å². The molecule has 0 aliphatic carbocycles. The molecule has 5 nitrogen and oxygen atoms in total. The number of carbonyl (C=O) groups is 1. The summed E-state index contributed by atoms with van der Waals surface area (Å²) in [5, 5.41) is 3.36. The number of hydrogen-bond acceptors (Lipinski definition) is 3. The number of halogens is 1. The van der Waals surface area contributed by atoms with Crippen LogP contribution in [0.5, 0.6) is 0 Å². The molecule has 2 heterocycles. The molecule has 3 aromatic rings. The Morgan fingerprint density at radius 1 is 1.16 bits per heavy atom.